The predicted molar refractivity (Wildman–Crippen MR) is 91.6 cm³/mol. The normalized spacial score (nSPS) is 17.2. The molecule has 2 aromatic heterocycles. The van der Waals surface area contributed by atoms with Crippen LogP contribution in [0.2, 0.25) is 0 Å². The second-order valence-corrected chi connectivity index (χ2v) is 7.01. The Morgan fingerprint density at radius 3 is 2.78 bits per heavy atom. The summed E-state index contributed by atoms with van der Waals surface area (Å²) in [5.41, 5.74) is 0. The van der Waals surface area contributed by atoms with Gasteiger partial charge in [-0.15, -0.1) is 11.3 Å². The predicted octanol–water partition coefficient (Wildman–Crippen LogP) is 2.80. The van der Waals surface area contributed by atoms with Crippen LogP contribution < -0.4 is 5.32 Å². The molecule has 1 aliphatic heterocycles. The molecule has 2 amide bonds. The van der Waals surface area contributed by atoms with E-state index in [0.29, 0.717) is 0 Å². The zero-order chi connectivity index (χ0) is 16.1. The number of rotatable bonds is 5. The average Bonchev–Trinajstić information content (AvgIpc) is 3.21. The third-order valence-electron chi connectivity index (χ3n) is 4.08. The second kappa shape index (κ2) is 7.66. The quantitative estimate of drug-likeness (QED) is 0.915. The number of nitrogens with zero attached hydrogens (tertiary/aromatic N) is 2. The summed E-state index contributed by atoms with van der Waals surface area (Å²) in [6.07, 6.45) is 2.38. The lowest BCUT2D eigenvalue weighted by molar-refractivity contribution is 0.134. The number of urea groups is 1. The molecule has 3 heterocycles. The van der Waals surface area contributed by atoms with Gasteiger partial charge in [0.1, 0.15) is 5.76 Å². The Labute approximate surface area is 140 Å². The minimum atomic E-state index is 0.0276. The number of nitrogens with one attached hydrogen (secondary N) is 1. The van der Waals surface area contributed by atoms with Gasteiger partial charge in [0.25, 0.3) is 0 Å². The van der Waals surface area contributed by atoms with Crippen molar-refractivity contribution in [3.8, 4) is 0 Å². The van der Waals surface area contributed by atoms with Crippen molar-refractivity contribution in [3.05, 3.63) is 46.5 Å². The highest BCUT2D eigenvalue weighted by Crippen LogP contribution is 2.13. The molecule has 1 fully saturated rings. The van der Waals surface area contributed by atoms with Gasteiger partial charge in [-0.1, -0.05) is 6.07 Å². The maximum Gasteiger partial charge on any atom is 0.317 e. The Hall–Kier alpha value is -1.79. The van der Waals surface area contributed by atoms with E-state index >= 15 is 0 Å². The van der Waals surface area contributed by atoms with Gasteiger partial charge < -0.3 is 14.6 Å². The van der Waals surface area contributed by atoms with E-state index in [0.717, 1.165) is 44.9 Å². The summed E-state index contributed by atoms with van der Waals surface area (Å²) in [6.45, 7) is 6.42. The Morgan fingerprint density at radius 1 is 1.30 bits per heavy atom. The lowest BCUT2D eigenvalue weighted by Crippen LogP contribution is -2.53. The van der Waals surface area contributed by atoms with Gasteiger partial charge in [0.05, 0.1) is 6.26 Å². The lowest BCUT2D eigenvalue weighted by Gasteiger charge is -2.35. The van der Waals surface area contributed by atoms with Crippen LogP contribution >= 0.6 is 11.3 Å². The number of furan rings is 1. The van der Waals surface area contributed by atoms with E-state index in [1.54, 1.807) is 17.6 Å². The molecule has 0 aromatic carbocycles. The van der Waals surface area contributed by atoms with Crippen molar-refractivity contribution in [2.75, 3.05) is 26.2 Å². The van der Waals surface area contributed by atoms with Crippen LogP contribution in [0, 0.1) is 0 Å². The molecule has 1 N–H and O–H groups in total. The fourth-order valence-corrected chi connectivity index (χ4v) is 3.56. The van der Waals surface area contributed by atoms with E-state index < -0.39 is 0 Å². The first-order valence-electron chi connectivity index (χ1n) is 8.03. The summed E-state index contributed by atoms with van der Waals surface area (Å²) in [5, 5.41) is 5.17. The molecule has 3 rings (SSSR count). The van der Waals surface area contributed by atoms with E-state index in [1.807, 2.05) is 24.0 Å². The van der Waals surface area contributed by atoms with Crippen molar-refractivity contribution in [1.29, 1.82) is 0 Å². The molecule has 0 bridgehead atoms. The lowest BCUT2D eigenvalue weighted by atomic mass is 10.2. The van der Waals surface area contributed by atoms with Crippen LogP contribution in [0.1, 0.15) is 17.6 Å². The van der Waals surface area contributed by atoms with Crippen molar-refractivity contribution >= 4 is 17.4 Å². The van der Waals surface area contributed by atoms with E-state index in [4.69, 9.17) is 4.42 Å². The molecule has 1 saturated heterocycles. The maximum absolute atomic E-state index is 12.3. The zero-order valence-electron chi connectivity index (χ0n) is 13.4. The Kier molecular flexibility index (Phi) is 5.35. The number of amides is 2. The van der Waals surface area contributed by atoms with Crippen molar-refractivity contribution in [3.63, 3.8) is 0 Å². The number of thiophene rings is 1. The van der Waals surface area contributed by atoms with Crippen molar-refractivity contribution in [2.24, 2.45) is 0 Å². The molecule has 124 valence electrons. The zero-order valence-corrected chi connectivity index (χ0v) is 14.2. The smallest absolute Gasteiger partial charge is 0.317 e. The SMILES string of the molecule is C[C@H](Cc1ccco1)NC(=O)N1CCN(Cc2cccs2)CC1. The summed E-state index contributed by atoms with van der Waals surface area (Å²) in [6, 6.07) is 8.16. The minimum absolute atomic E-state index is 0.0276. The van der Waals surface area contributed by atoms with Gasteiger partial charge in [-0.2, -0.15) is 0 Å². The topological polar surface area (TPSA) is 48.7 Å². The van der Waals surface area contributed by atoms with Gasteiger partial charge in [-0.05, 0) is 30.5 Å². The standard InChI is InChI=1S/C17H23N3O2S/c1-14(12-15-4-2-10-22-15)18-17(21)20-8-6-19(7-9-20)13-16-5-3-11-23-16/h2-5,10-11,14H,6-9,12-13H2,1H3,(H,18,21)/t14-/m1/s1. The fourth-order valence-electron chi connectivity index (χ4n) is 2.82. The summed E-state index contributed by atoms with van der Waals surface area (Å²) >= 11 is 1.79. The highest BCUT2D eigenvalue weighted by atomic mass is 32.1. The molecule has 2 aromatic rings. The molecule has 0 saturated carbocycles. The molecule has 0 aliphatic carbocycles. The first-order valence-corrected chi connectivity index (χ1v) is 8.91. The Morgan fingerprint density at radius 2 is 2.13 bits per heavy atom. The third-order valence-corrected chi connectivity index (χ3v) is 4.94. The van der Waals surface area contributed by atoms with Gasteiger partial charge in [0.15, 0.2) is 0 Å². The van der Waals surface area contributed by atoms with Crippen molar-refractivity contribution < 1.29 is 9.21 Å². The summed E-state index contributed by atoms with van der Waals surface area (Å²) in [5.74, 6) is 0.901. The molecule has 23 heavy (non-hydrogen) atoms. The molecule has 5 nitrogen and oxygen atoms in total. The molecule has 0 radical (unpaired) electrons. The first kappa shape index (κ1) is 16.1. The maximum atomic E-state index is 12.3. The highest BCUT2D eigenvalue weighted by molar-refractivity contribution is 7.09. The van der Waals surface area contributed by atoms with Crippen LogP contribution in [0.25, 0.3) is 0 Å². The van der Waals surface area contributed by atoms with Crippen LogP contribution in [0.5, 0.6) is 0 Å². The van der Waals surface area contributed by atoms with Crippen LogP contribution in [0.4, 0.5) is 4.79 Å². The highest BCUT2D eigenvalue weighted by Gasteiger charge is 2.22. The number of carbonyl (C=O) groups is 1. The van der Waals surface area contributed by atoms with Crippen LogP contribution in [-0.4, -0.2) is 48.1 Å². The van der Waals surface area contributed by atoms with Gasteiger partial charge in [-0.3, -0.25) is 4.90 Å². The number of piperazine rings is 1. The molecule has 0 spiro atoms. The van der Waals surface area contributed by atoms with Gasteiger partial charge >= 0.3 is 6.03 Å². The number of carbonyl (C=O) groups excluding carboxylic acids is 1. The van der Waals surface area contributed by atoms with Crippen molar-refractivity contribution in [2.45, 2.75) is 25.9 Å². The monoisotopic (exact) mass is 333 g/mol. The van der Waals surface area contributed by atoms with E-state index in [2.05, 4.69) is 27.7 Å². The minimum Gasteiger partial charge on any atom is -0.469 e. The van der Waals surface area contributed by atoms with Crippen LogP contribution in [0.3, 0.4) is 0 Å². The van der Waals surface area contributed by atoms with E-state index in [9.17, 15) is 4.79 Å². The molecule has 6 heteroatoms. The first-order chi connectivity index (χ1) is 11.2. The average molecular weight is 333 g/mol. The second-order valence-electron chi connectivity index (χ2n) is 5.98. The Bertz CT molecular complexity index is 589. The summed E-state index contributed by atoms with van der Waals surface area (Å²) < 4.78 is 5.32. The summed E-state index contributed by atoms with van der Waals surface area (Å²) in [7, 11) is 0. The fraction of sp³-hybridized carbons (Fsp3) is 0.471. The largest absolute Gasteiger partial charge is 0.469 e. The molecule has 1 atom stereocenters. The van der Waals surface area contributed by atoms with Gasteiger partial charge in [-0.25, -0.2) is 4.79 Å². The molecular weight excluding hydrogens is 310 g/mol. The van der Waals surface area contributed by atoms with Crippen LogP contribution in [0.15, 0.2) is 40.3 Å². The number of hydrogen-bond acceptors (Lipinski definition) is 4. The van der Waals surface area contributed by atoms with Gasteiger partial charge in [0, 0.05) is 50.1 Å². The third kappa shape index (κ3) is 4.59. The number of hydrogen-bond donors (Lipinski definition) is 1. The molecule has 1 aliphatic rings. The van der Waals surface area contributed by atoms with Crippen LogP contribution in [-0.2, 0) is 13.0 Å². The summed E-state index contributed by atoms with van der Waals surface area (Å²) in [4.78, 5) is 18.0. The van der Waals surface area contributed by atoms with E-state index in [-0.39, 0.29) is 12.1 Å². The van der Waals surface area contributed by atoms with Gasteiger partial charge in [0.2, 0.25) is 0 Å². The van der Waals surface area contributed by atoms with Crippen molar-refractivity contribution in [1.82, 2.24) is 15.1 Å². The molecule has 0 unspecified atom stereocenters. The molecular formula is C17H23N3O2S. The van der Waals surface area contributed by atoms with E-state index in [1.165, 1.54) is 4.88 Å². The Balaban J connectivity index is 1.41.